The molecule has 0 unspecified atom stereocenters. The van der Waals surface area contributed by atoms with Crippen molar-refractivity contribution in [3.8, 4) is 0 Å². The van der Waals surface area contributed by atoms with Gasteiger partial charge in [-0.1, -0.05) is 0 Å². The number of alkyl halides is 3. The lowest BCUT2D eigenvalue weighted by atomic mass is 10.2. The molecule has 1 rings (SSSR count). The van der Waals surface area contributed by atoms with E-state index in [1.165, 1.54) is 6.26 Å². The number of aliphatic carboxylic acids is 2. The second-order valence-corrected chi connectivity index (χ2v) is 2.83. The average Bonchev–Trinajstić information content (AvgIpc) is 2.66. The monoisotopic (exact) mass is 254 g/mol. The van der Waals surface area contributed by atoms with Crippen molar-refractivity contribution in [1.29, 1.82) is 0 Å². The number of hydrogen-bond donors (Lipinski definition) is 2. The van der Waals surface area contributed by atoms with Crippen LogP contribution in [0.3, 0.4) is 0 Å². The highest BCUT2D eigenvalue weighted by molar-refractivity contribution is 5.73. The van der Waals surface area contributed by atoms with Crippen molar-refractivity contribution >= 4 is 11.9 Å². The van der Waals surface area contributed by atoms with Gasteiger partial charge in [-0.2, -0.15) is 13.2 Å². The molecule has 17 heavy (non-hydrogen) atoms. The Hall–Kier alpha value is -1.99. The second-order valence-electron chi connectivity index (χ2n) is 2.83. The summed E-state index contributed by atoms with van der Waals surface area (Å²) in [5.41, 5.74) is 0.933. The van der Waals surface area contributed by atoms with Gasteiger partial charge < -0.3 is 14.6 Å². The molecular weight excluding hydrogens is 245 g/mol. The number of carbonyl (C=O) groups is 2. The molecule has 0 saturated carbocycles. The van der Waals surface area contributed by atoms with Gasteiger partial charge in [-0.3, -0.25) is 4.79 Å². The molecule has 1 aromatic rings. The zero-order chi connectivity index (χ0) is 13.5. The highest BCUT2D eigenvalue weighted by Gasteiger charge is 2.38. The fraction of sp³-hybridized carbons (Fsp3) is 0.333. The van der Waals surface area contributed by atoms with Gasteiger partial charge in [-0.25, -0.2) is 4.79 Å². The van der Waals surface area contributed by atoms with E-state index in [4.69, 9.17) is 19.4 Å². The predicted molar refractivity (Wildman–Crippen MR) is 48.4 cm³/mol. The predicted octanol–water partition coefficient (Wildman–Crippen LogP) is 1.93. The highest BCUT2D eigenvalue weighted by atomic mass is 19.4. The van der Waals surface area contributed by atoms with Gasteiger partial charge in [0.1, 0.15) is 0 Å². The summed E-state index contributed by atoms with van der Waals surface area (Å²) >= 11 is 0. The third kappa shape index (κ3) is 7.88. The number of rotatable bonds is 3. The second kappa shape index (κ2) is 6.56. The first kappa shape index (κ1) is 15.0. The van der Waals surface area contributed by atoms with E-state index in [0.29, 0.717) is 6.42 Å². The maximum absolute atomic E-state index is 10.6. The topological polar surface area (TPSA) is 87.7 Å². The Bertz CT molecular complexity index is 355. The van der Waals surface area contributed by atoms with Crippen molar-refractivity contribution in [3.63, 3.8) is 0 Å². The molecule has 2 N–H and O–H groups in total. The quantitative estimate of drug-likeness (QED) is 0.860. The minimum absolute atomic E-state index is 0.166. The Morgan fingerprint density at radius 1 is 1.29 bits per heavy atom. The van der Waals surface area contributed by atoms with E-state index in [1.54, 1.807) is 12.3 Å². The van der Waals surface area contributed by atoms with E-state index in [1.807, 2.05) is 0 Å². The zero-order valence-electron chi connectivity index (χ0n) is 8.40. The van der Waals surface area contributed by atoms with Gasteiger partial charge in [0.15, 0.2) is 0 Å². The summed E-state index contributed by atoms with van der Waals surface area (Å²) < 4.78 is 36.5. The summed E-state index contributed by atoms with van der Waals surface area (Å²) in [6.45, 7) is 0. The molecular formula is C9H9F3O5. The van der Waals surface area contributed by atoms with E-state index in [9.17, 15) is 18.0 Å². The molecule has 0 bridgehead atoms. The Kier molecular flexibility index (Phi) is 5.79. The van der Waals surface area contributed by atoms with Crippen LogP contribution in [-0.4, -0.2) is 28.3 Å². The number of hydrogen-bond acceptors (Lipinski definition) is 3. The first-order valence-electron chi connectivity index (χ1n) is 4.26. The van der Waals surface area contributed by atoms with Crippen LogP contribution in [0.1, 0.15) is 12.0 Å². The molecule has 5 nitrogen and oxygen atoms in total. The molecule has 0 aliphatic carbocycles. The van der Waals surface area contributed by atoms with Crippen LogP contribution in [0.4, 0.5) is 13.2 Å². The normalized spacial score (nSPS) is 10.3. The Morgan fingerprint density at radius 2 is 1.82 bits per heavy atom. The lowest BCUT2D eigenvalue weighted by Crippen LogP contribution is -2.21. The minimum Gasteiger partial charge on any atom is -0.481 e. The molecule has 8 heteroatoms. The van der Waals surface area contributed by atoms with Gasteiger partial charge in [0.25, 0.3) is 0 Å². The lowest BCUT2D eigenvalue weighted by Gasteiger charge is -1.93. The van der Waals surface area contributed by atoms with Crippen LogP contribution in [0.5, 0.6) is 0 Å². The van der Waals surface area contributed by atoms with Gasteiger partial charge >= 0.3 is 18.1 Å². The highest BCUT2D eigenvalue weighted by Crippen LogP contribution is 2.13. The molecule has 0 aliphatic heterocycles. The molecule has 0 saturated heterocycles. The molecule has 0 amide bonds. The number of furan rings is 1. The van der Waals surface area contributed by atoms with Gasteiger partial charge in [-0.05, 0) is 18.1 Å². The number of carboxylic acids is 2. The summed E-state index contributed by atoms with van der Waals surface area (Å²) in [7, 11) is 0. The van der Waals surface area contributed by atoms with Crippen LogP contribution in [0, 0.1) is 0 Å². The van der Waals surface area contributed by atoms with Crippen LogP contribution < -0.4 is 0 Å². The molecule has 96 valence electrons. The SMILES string of the molecule is O=C(O)C(F)(F)F.O=C(O)CCc1ccoc1. The summed E-state index contributed by atoms with van der Waals surface area (Å²) in [4.78, 5) is 19.0. The first-order chi connectivity index (χ1) is 7.73. The fourth-order valence-corrected chi connectivity index (χ4v) is 0.686. The van der Waals surface area contributed by atoms with Gasteiger partial charge in [-0.15, -0.1) is 0 Å². The molecule has 0 atom stereocenters. The largest absolute Gasteiger partial charge is 0.490 e. The number of carboxylic acid groups (broad SMARTS) is 2. The molecule has 0 spiro atoms. The summed E-state index contributed by atoms with van der Waals surface area (Å²) in [5, 5.41) is 15.4. The number of aryl methyl sites for hydroxylation is 1. The van der Waals surface area contributed by atoms with Crippen LogP contribution in [-0.2, 0) is 16.0 Å². The first-order valence-corrected chi connectivity index (χ1v) is 4.26. The fourth-order valence-electron chi connectivity index (χ4n) is 0.686. The van der Waals surface area contributed by atoms with Crippen molar-refractivity contribution in [2.24, 2.45) is 0 Å². The Morgan fingerprint density at radius 3 is 2.12 bits per heavy atom. The van der Waals surface area contributed by atoms with Gasteiger partial charge in [0.2, 0.25) is 0 Å². The van der Waals surface area contributed by atoms with Crippen LogP contribution in [0.25, 0.3) is 0 Å². The molecule has 0 aliphatic rings. The average molecular weight is 254 g/mol. The van der Waals surface area contributed by atoms with E-state index >= 15 is 0 Å². The van der Waals surface area contributed by atoms with Crippen LogP contribution >= 0.6 is 0 Å². The van der Waals surface area contributed by atoms with Crippen LogP contribution in [0.15, 0.2) is 23.0 Å². The van der Waals surface area contributed by atoms with Crippen molar-refractivity contribution in [1.82, 2.24) is 0 Å². The number of halogens is 3. The van der Waals surface area contributed by atoms with Gasteiger partial charge in [0.05, 0.1) is 12.5 Å². The summed E-state index contributed by atoms with van der Waals surface area (Å²) in [5.74, 6) is -3.53. The summed E-state index contributed by atoms with van der Waals surface area (Å²) in [6.07, 6.45) is -1.27. The third-order valence-electron chi connectivity index (χ3n) is 1.45. The smallest absolute Gasteiger partial charge is 0.481 e. The Labute approximate surface area is 93.5 Å². The minimum atomic E-state index is -5.08. The third-order valence-corrected chi connectivity index (χ3v) is 1.45. The van der Waals surface area contributed by atoms with Crippen molar-refractivity contribution in [2.45, 2.75) is 19.0 Å². The molecule has 0 aromatic carbocycles. The zero-order valence-corrected chi connectivity index (χ0v) is 8.40. The van der Waals surface area contributed by atoms with E-state index in [-0.39, 0.29) is 6.42 Å². The van der Waals surface area contributed by atoms with Crippen LogP contribution in [0.2, 0.25) is 0 Å². The molecule has 1 heterocycles. The van der Waals surface area contributed by atoms with Crippen molar-refractivity contribution < 1.29 is 37.4 Å². The van der Waals surface area contributed by atoms with Crippen molar-refractivity contribution in [3.05, 3.63) is 24.2 Å². The van der Waals surface area contributed by atoms with E-state index in [0.717, 1.165) is 5.56 Å². The van der Waals surface area contributed by atoms with Crippen molar-refractivity contribution in [2.75, 3.05) is 0 Å². The molecule has 0 radical (unpaired) electrons. The standard InChI is InChI=1S/C7H8O3.C2HF3O2/c8-7(9)2-1-6-3-4-10-5-6;3-2(4,5)1(6)7/h3-5H,1-2H2,(H,8,9);(H,6,7). The summed E-state index contributed by atoms with van der Waals surface area (Å²) in [6, 6.07) is 1.77. The van der Waals surface area contributed by atoms with Gasteiger partial charge in [0, 0.05) is 6.42 Å². The van der Waals surface area contributed by atoms with E-state index in [2.05, 4.69) is 0 Å². The maximum Gasteiger partial charge on any atom is 0.490 e. The lowest BCUT2D eigenvalue weighted by molar-refractivity contribution is -0.192. The maximum atomic E-state index is 10.6. The van der Waals surface area contributed by atoms with E-state index < -0.39 is 18.1 Å². The molecule has 0 fully saturated rings. The molecule has 1 aromatic heterocycles. The Balaban J connectivity index is 0.000000325.